The third-order valence-electron chi connectivity index (χ3n) is 3.07. The van der Waals surface area contributed by atoms with Gasteiger partial charge in [-0.15, -0.1) is 0 Å². The Balaban J connectivity index is 1.95. The normalized spacial score (nSPS) is 10.3. The second-order valence-electron chi connectivity index (χ2n) is 4.85. The van der Waals surface area contributed by atoms with E-state index in [1.165, 1.54) is 0 Å². The highest BCUT2D eigenvalue weighted by molar-refractivity contribution is 5.94. The van der Waals surface area contributed by atoms with E-state index in [1.807, 2.05) is 36.4 Å². The molecule has 4 nitrogen and oxygen atoms in total. The zero-order chi connectivity index (χ0) is 14.5. The van der Waals surface area contributed by atoms with Crippen molar-refractivity contribution in [1.82, 2.24) is 4.90 Å². The topological polar surface area (TPSA) is 45.5 Å². The van der Waals surface area contributed by atoms with Crippen molar-refractivity contribution in [3.8, 4) is 0 Å². The largest absolute Gasteiger partial charge is 0.464 e. The highest BCUT2D eigenvalue weighted by Crippen LogP contribution is 2.14. The summed E-state index contributed by atoms with van der Waals surface area (Å²) < 4.78 is 5.62. The number of carbonyl (C=O) groups excluding carboxylic acids is 1. The first-order valence-corrected chi connectivity index (χ1v) is 6.73. The zero-order valence-corrected chi connectivity index (χ0v) is 12.1. The average molecular weight is 272 g/mol. The minimum Gasteiger partial charge on any atom is -0.464 e. The third kappa shape index (κ3) is 3.41. The van der Waals surface area contributed by atoms with Gasteiger partial charge in [0.15, 0.2) is 0 Å². The number of aryl methyl sites for hydroxylation is 1. The van der Waals surface area contributed by atoms with Crippen LogP contribution in [0.1, 0.15) is 28.8 Å². The maximum Gasteiger partial charge on any atom is 0.253 e. The Bertz CT molecular complexity index is 570. The van der Waals surface area contributed by atoms with Gasteiger partial charge in [-0.05, 0) is 36.4 Å². The molecule has 2 rings (SSSR count). The standard InChI is InChI=1S/C16H20N2O2/c1-4-14-9-10-15(20-14)11-17-13-7-5-12(6-8-13)16(19)18(2)3/h5-10,17H,4,11H2,1-3H3. The van der Waals surface area contributed by atoms with Crippen LogP contribution in [0.5, 0.6) is 0 Å². The van der Waals surface area contributed by atoms with Crippen LogP contribution in [0.3, 0.4) is 0 Å². The average Bonchev–Trinajstić information content (AvgIpc) is 2.93. The Morgan fingerprint density at radius 3 is 2.30 bits per heavy atom. The number of benzene rings is 1. The quantitative estimate of drug-likeness (QED) is 0.909. The van der Waals surface area contributed by atoms with Gasteiger partial charge >= 0.3 is 0 Å². The van der Waals surface area contributed by atoms with Gasteiger partial charge in [-0.25, -0.2) is 0 Å². The molecule has 1 aromatic heterocycles. The van der Waals surface area contributed by atoms with E-state index in [9.17, 15) is 4.79 Å². The summed E-state index contributed by atoms with van der Waals surface area (Å²) in [7, 11) is 3.49. The van der Waals surface area contributed by atoms with Crippen LogP contribution in [0.15, 0.2) is 40.8 Å². The summed E-state index contributed by atoms with van der Waals surface area (Å²) >= 11 is 0. The number of amides is 1. The van der Waals surface area contributed by atoms with Crippen molar-refractivity contribution < 1.29 is 9.21 Å². The molecule has 0 radical (unpaired) electrons. The molecule has 0 aliphatic rings. The van der Waals surface area contributed by atoms with Crippen LogP contribution in [0.25, 0.3) is 0 Å². The first-order chi connectivity index (χ1) is 9.60. The molecule has 1 N–H and O–H groups in total. The summed E-state index contributed by atoms with van der Waals surface area (Å²) in [6, 6.07) is 11.4. The number of hydrogen-bond acceptors (Lipinski definition) is 3. The Hall–Kier alpha value is -2.23. The molecule has 0 fully saturated rings. The number of anilines is 1. The Morgan fingerprint density at radius 2 is 1.75 bits per heavy atom. The lowest BCUT2D eigenvalue weighted by Gasteiger charge is -2.11. The van der Waals surface area contributed by atoms with Gasteiger partial charge in [0.1, 0.15) is 11.5 Å². The van der Waals surface area contributed by atoms with Crippen LogP contribution in [-0.4, -0.2) is 24.9 Å². The molecule has 0 bridgehead atoms. The Morgan fingerprint density at radius 1 is 1.10 bits per heavy atom. The fourth-order valence-corrected chi connectivity index (χ4v) is 1.89. The highest BCUT2D eigenvalue weighted by Gasteiger charge is 2.07. The number of rotatable bonds is 5. The number of furan rings is 1. The predicted octanol–water partition coefficient (Wildman–Crippen LogP) is 3.16. The maximum absolute atomic E-state index is 11.8. The van der Waals surface area contributed by atoms with E-state index in [-0.39, 0.29) is 5.91 Å². The van der Waals surface area contributed by atoms with E-state index in [0.717, 1.165) is 23.6 Å². The molecule has 0 aliphatic carbocycles. The molecule has 0 atom stereocenters. The lowest BCUT2D eigenvalue weighted by Crippen LogP contribution is -2.21. The fraction of sp³-hybridized carbons (Fsp3) is 0.312. The van der Waals surface area contributed by atoms with E-state index in [1.54, 1.807) is 19.0 Å². The first-order valence-electron chi connectivity index (χ1n) is 6.73. The molecule has 106 valence electrons. The molecule has 1 aromatic carbocycles. The summed E-state index contributed by atoms with van der Waals surface area (Å²) in [4.78, 5) is 13.3. The number of nitrogens with one attached hydrogen (secondary N) is 1. The van der Waals surface area contributed by atoms with E-state index < -0.39 is 0 Å². The van der Waals surface area contributed by atoms with E-state index in [0.29, 0.717) is 12.1 Å². The molecule has 0 unspecified atom stereocenters. The van der Waals surface area contributed by atoms with Gasteiger partial charge in [0.05, 0.1) is 6.54 Å². The van der Waals surface area contributed by atoms with Gasteiger partial charge in [-0.1, -0.05) is 6.92 Å². The Labute approximate surface area is 119 Å². The third-order valence-corrected chi connectivity index (χ3v) is 3.07. The Kier molecular flexibility index (Phi) is 4.45. The minimum atomic E-state index is 0.00942. The lowest BCUT2D eigenvalue weighted by molar-refractivity contribution is 0.0827. The number of carbonyl (C=O) groups is 1. The van der Waals surface area contributed by atoms with Crippen LogP contribution in [0.4, 0.5) is 5.69 Å². The summed E-state index contributed by atoms with van der Waals surface area (Å²) in [6.45, 7) is 2.71. The first kappa shape index (κ1) is 14.2. The molecule has 1 amide bonds. The maximum atomic E-state index is 11.8. The molecule has 0 saturated heterocycles. The number of hydrogen-bond donors (Lipinski definition) is 1. The second-order valence-corrected chi connectivity index (χ2v) is 4.85. The predicted molar refractivity (Wildman–Crippen MR) is 79.9 cm³/mol. The van der Waals surface area contributed by atoms with Crippen molar-refractivity contribution in [2.45, 2.75) is 19.9 Å². The smallest absolute Gasteiger partial charge is 0.253 e. The highest BCUT2D eigenvalue weighted by atomic mass is 16.3. The van der Waals surface area contributed by atoms with Crippen LogP contribution in [0, 0.1) is 0 Å². The zero-order valence-electron chi connectivity index (χ0n) is 12.1. The second kappa shape index (κ2) is 6.28. The molecule has 0 aliphatic heterocycles. The molecule has 1 heterocycles. The molecular weight excluding hydrogens is 252 g/mol. The van der Waals surface area contributed by atoms with Crippen LogP contribution in [-0.2, 0) is 13.0 Å². The number of nitrogens with zero attached hydrogens (tertiary/aromatic N) is 1. The lowest BCUT2D eigenvalue weighted by atomic mass is 10.2. The molecule has 2 aromatic rings. The SMILES string of the molecule is CCc1ccc(CNc2ccc(C(=O)N(C)C)cc2)o1. The molecule has 0 saturated carbocycles. The van der Waals surface area contributed by atoms with Crippen molar-refractivity contribution in [2.75, 3.05) is 19.4 Å². The summed E-state index contributed by atoms with van der Waals surface area (Å²) in [5.74, 6) is 1.92. The molecule has 0 spiro atoms. The van der Waals surface area contributed by atoms with Gasteiger partial charge in [0.25, 0.3) is 5.91 Å². The summed E-state index contributed by atoms with van der Waals surface area (Å²) in [6.07, 6.45) is 0.904. The van der Waals surface area contributed by atoms with Gasteiger partial charge in [0, 0.05) is 31.8 Å². The van der Waals surface area contributed by atoms with E-state index >= 15 is 0 Å². The van der Waals surface area contributed by atoms with Crippen molar-refractivity contribution in [1.29, 1.82) is 0 Å². The van der Waals surface area contributed by atoms with E-state index in [2.05, 4.69) is 12.2 Å². The van der Waals surface area contributed by atoms with Crippen molar-refractivity contribution in [3.63, 3.8) is 0 Å². The van der Waals surface area contributed by atoms with Gasteiger partial charge in [-0.3, -0.25) is 4.79 Å². The fourth-order valence-electron chi connectivity index (χ4n) is 1.89. The van der Waals surface area contributed by atoms with Gasteiger partial charge < -0.3 is 14.6 Å². The summed E-state index contributed by atoms with van der Waals surface area (Å²) in [5.41, 5.74) is 1.65. The minimum absolute atomic E-state index is 0.00942. The molecule has 4 heteroatoms. The summed E-state index contributed by atoms with van der Waals surface area (Å²) in [5, 5.41) is 3.28. The van der Waals surface area contributed by atoms with Crippen molar-refractivity contribution in [2.24, 2.45) is 0 Å². The molecule has 20 heavy (non-hydrogen) atoms. The van der Waals surface area contributed by atoms with Crippen LogP contribution >= 0.6 is 0 Å². The van der Waals surface area contributed by atoms with Gasteiger partial charge in [-0.2, -0.15) is 0 Å². The van der Waals surface area contributed by atoms with Crippen molar-refractivity contribution >= 4 is 11.6 Å². The monoisotopic (exact) mass is 272 g/mol. The van der Waals surface area contributed by atoms with Crippen LogP contribution < -0.4 is 5.32 Å². The van der Waals surface area contributed by atoms with Crippen molar-refractivity contribution in [3.05, 3.63) is 53.5 Å². The van der Waals surface area contributed by atoms with Gasteiger partial charge in [0.2, 0.25) is 0 Å². The molecular formula is C16H20N2O2. The van der Waals surface area contributed by atoms with Crippen LogP contribution in [0.2, 0.25) is 0 Å². The van der Waals surface area contributed by atoms with E-state index in [4.69, 9.17) is 4.42 Å².